The first-order chi connectivity index (χ1) is 6.79. The molecule has 0 fully saturated rings. The van der Waals surface area contributed by atoms with Crippen LogP contribution in [0.4, 0.5) is 26.3 Å². The zero-order valence-corrected chi connectivity index (χ0v) is 8.41. The van der Waals surface area contributed by atoms with Crippen LogP contribution in [0, 0.1) is 0 Å². The van der Waals surface area contributed by atoms with E-state index >= 15 is 0 Å². The highest BCUT2D eigenvalue weighted by molar-refractivity contribution is 5.86. The number of carbonyl (C=O) groups excluding carboxylic acids is 1. The van der Waals surface area contributed by atoms with Crippen LogP contribution in [-0.4, -0.2) is 42.3 Å². The Bertz CT molecular complexity index is 269. The van der Waals surface area contributed by atoms with E-state index in [2.05, 4.69) is 5.73 Å². The zero-order valence-electron chi connectivity index (χ0n) is 8.41. The number of alkyl halides is 6. The van der Waals surface area contributed by atoms with E-state index in [9.17, 15) is 31.1 Å². The maximum Gasteiger partial charge on any atom is 0.415 e. The number of amides is 1. The number of hydrogen-bond acceptors (Lipinski definition) is 2. The number of halogens is 6. The molecule has 0 aliphatic heterocycles. The molecule has 0 aromatic rings. The molecule has 1 atom stereocenters. The molecule has 1 unspecified atom stereocenters. The smallest absolute Gasteiger partial charge is 0.335 e. The lowest BCUT2D eigenvalue weighted by Crippen LogP contribution is -2.62. The highest BCUT2D eigenvalue weighted by Gasteiger charge is 2.55. The summed E-state index contributed by atoms with van der Waals surface area (Å²) in [6, 6.07) is 0. The fraction of sp³-hybridized carbons (Fsp3) is 0.857. The lowest BCUT2D eigenvalue weighted by atomic mass is 10.0. The molecule has 0 saturated carbocycles. The lowest BCUT2D eigenvalue weighted by Gasteiger charge is -2.31. The molecule has 0 aliphatic carbocycles. The quantitative estimate of drug-likeness (QED) is 0.753. The molecule has 2 N–H and O–H groups in total. The number of likely N-dealkylation sites (N-methyl/N-ethyl adjacent to an activating group) is 1. The van der Waals surface area contributed by atoms with Gasteiger partial charge in [-0.1, -0.05) is 0 Å². The average Bonchev–Trinajstić information content (AvgIpc) is 1.97. The molecule has 0 aliphatic rings. The first kappa shape index (κ1) is 15.0. The Kier molecular flexibility index (Phi) is 3.86. The average molecular weight is 252 g/mol. The molecule has 9 heteroatoms. The van der Waals surface area contributed by atoms with Crippen LogP contribution in [0.5, 0.6) is 0 Å². The van der Waals surface area contributed by atoms with Gasteiger partial charge in [0.15, 0.2) is 5.54 Å². The third-order valence-electron chi connectivity index (χ3n) is 1.80. The molecular weight excluding hydrogens is 242 g/mol. The van der Waals surface area contributed by atoms with Crippen LogP contribution in [0.2, 0.25) is 0 Å². The molecular formula is C7H10F6N2O. The van der Waals surface area contributed by atoms with Crippen molar-refractivity contribution in [2.24, 2.45) is 5.73 Å². The van der Waals surface area contributed by atoms with Crippen molar-refractivity contribution in [1.82, 2.24) is 4.90 Å². The summed E-state index contributed by atoms with van der Waals surface area (Å²) >= 11 is 0. The number of hydrogen-bond donors (Lipinski definition) is 1. The second kappa shape index (κ2) is 4.11. The van der Waals surface area contributed by atoms with Crippen molar-refractivity contribution in [3.63, 3.8) is 0 Å². The Balaban J connectivity index is 4.81. The van der Waals surface area contributed by atoms with E-state index in [-0.39, 0.29) is 4.90 Å². The second-order valence-electron chi connectivity index (χ2n) is 3.48. The van der Waals surface area contributed by atoms with E-state index in [1.165, 1.54) is 0 Å². The van der Waals surface area contributed by atoms with Crippen LogP contribution in [-0.2, 0) is 4.79 Å². The van der Waals surface area contributed by atoms with E-state index in [1.54, 1.807) is 0 Å². The van der Waals surface area contributed by atoms with E-state index in [0.29, 0.717) is 14.0 Å². The van der Waals surface area contributed by atoms with Crippen molar-refractivity contribution >= 4 is 5.91 Å². The first-order valence-electron chi connectivity index (χ1n) is 3.97. The third-order valence-corrected chi connectivity index (χ3v) is 1.80. The molecule has 0 radical (unpaired) electrons. The maximum atomic E-state index is 12.2. The summed E-state index contributed by atoms with van der Waals surface area (Å²) in [7, 11) is 0.604. The minimum absolute atomic E-state index is 0.104. The van der Waals surface area contributed by atoms with Gasteiger partial charge in [0.2, 0.25) is 0 Å². The van der Waals surface area contributed by atoms with Crippen molar-refractivity contribution in [3.8, 4) is 0 Å². The van der Waals surface area contributed by atoms with Gasteiger partial charge in [-0.25, -0.2) is 0 Å². The summed E-state index contributed by atoms with van der Waals surface area (Å²) in [5, 5.41) is 0. The van der Waals surface area contributed by atoms with Crippen LogP contribution >= 0.6 is 0 Å². The van der Waals surface area contributed by atoms with Crippen LogP contribution in [0.15, 0.2) is 0 Å². The zero-order chi connectivity index (χ0) is 13.4. The molecule has 0 saturated heterocycles. The first-order valence-corrected chi connectivity index (χ1v) is 3.97. The number of nitrogens with two attached hydrogens (primary N) is 1. The van der Waals surface area contributed by atoms with Crippen LogP contribution in [0.1, 0.15) is 6.92 Å². The number of rotatable bonds is 2. The van der Waals surface area contributed by atoms with Gasteiger partial charge >= 0.3 is 12.4 Å². The predicted octanol–water partition coefficient (Wildman–Crippen LogP) is 1.29. The summed E-state index contributed by atoms with van der Waals surface area (Å²) in [5.41, 5.74) is 1.35. The highest BCUT2D eigenvalue weighted by atomic mass is 19.4. The lowest BCUT2D eigenvalue weighted by molar-refractivity contribution is -0.199. The van der Waals surface area contributed by atoms with E-state index < -0.39 is 30.3 Å². The molecule has 96 valence electrons. The van der Waals surface area contributed by atoms with Gasteiger partial charge < -0.3 is 10.6 Å². The van der Waals surface area contributed by atoms with Crippen molar-refractivity contribution in [2.45, 2.75) is 24.8 Å². The minimum atomic E-state index is -5.11. The Labute approximate surface area is 87.2 Å². The highest BCUT2D eigenvalue weighted by Crippen LogP contribution is 2.30. The maximum absolute atomic E-state index is 12.2. The summed E-state index contributed by atoms with van der Waals surface area (Å²) in [4.78, 5) is 11.0. The van der Waals surface area contributed by atoms with Crippen LogP contribution < -0.4 is 5.73 Å². The van der Waals surface area contributed by atoms with Gasteiger partial charge in [0.25, 0.3) is 5.91 Å². The second-order valence-corrected chi connectivity index (χ2v) is 3.48. The normalized spacial score (nSPS) is 16.8. The number of carbonyl (C=O) groups is 1. The standard InChI is InChI=1S/C7H10F6N2O/c1-5(14,7(11,12)13)4(16)15(2)3-6(8,9)10/h3,14H2,1-2H3. The van der Waals surface area contributed by atoms with Crippen molar-refractivity contribution < 1.29 is 31.1 Å². The molecule has 0 rings (SSSR count). The Hall–Kier alpha value is -0.990. The third kappa shape index (κ3) is 3.54. The number of nitrogens with zero attached hydrogens (tertiary/aromatic N) is 1. The molecule has 3 nitrogen and oxygen atoms in total. The summed E-state index contributed by atoms with van der Waals surface area (Å²) in [6.07, 6.45) is -9.88. The van der Waals surface area contributed by atoms with Crippen LogP contribution in [0.25, 0.3) is 0 Å². The van der Waals surface area contributed by atoms with Gasteiger partial charge in [-0.2, -0.15) is 26.3 Å². The fourth-order valence-electron chi connectivity index (χ4n) is 0.858. The monoisotopic (exact) mass is 252 g/mol. The summed E-state index contributed by atoms with van der Waals surface area (Å²) in [5.74, 6) is -1.84. The molecule has 16 heavy (non-hydrogen) atoms. The Morgan fingerprint density at radius 3 is 1.81 bits per heavy atom. The van der Waals surface area contributed by atoms with Gasteiger partial charge in [-0.15, -0.1) is 0 Å². The van der Waals surface area contributed by atoms with E-state index in [1.807, 2.05) is 0 Å². The van der Waals surface area contributed by atoms with Crippen molar-refractivity contribution in [2.75, 3.05) is 13.6 Å². The van der Waals surface area contributed by atoms with Crippen molar-refractivity contribution in [3.05, 3.63) is 0 Å². The molecule has 1 amide bonds. The van der Waals surface area contributed by atoms with E-state index in [0.717, 1.165) is 0 Å². The van der Waals surface area contributed by atoms with Crippen LogP contribution in [0.3, 0.4) is 0 Å². The van der Waals surface area contributed by atoms with Gasteiger partial charge in [0.05, 0.1) is 0 Å². The molecule has 0 heterocycles. The van der Waals surface area contributed by atoms with Gasteiger partial charge in [0, 0.05) is 7.05 Å². The van der Waals surface area contributed by atoms with Gasteiger partial charge in [-0.3, -0.25) is 4.79 Å². The van der Waals surface area contributed by atoms with E-state index in [4.69, 9.17) is 0 Å². The minimum Gasteiger partial charge on any atom is -0.335 e. The SMILES string of the molecule is CN(CC(F)(F)F)C(=O)C(C)(N)C(F)(F)F. The molecule has 0 aromatic carbocycles. The largest absolute Gasteiger partial charge is 0.415 e. The Morgan fingerprint density at radius 2 is 1.56 bits per heavy atom. The summed E-state index contributed by atoms with van der Waals surface area (Å²) < 4.78 is 72.2. The topological polar surface area (TPSA) is 46.3 Å². The molecule has 0 spiro atoms. The Morgan fingerprint density at radius 1 is 1.19 bits per heavy atom. The predicted molar refractivity (Wildman–Crippen MR) is 42.3 cm³/mol. The fourth-order valence-corrected chi connectivity index (χ4v) is 0.858. The molecule has 0 bridgehead atoms. The van der Waals surface area contributed by atoms with Crippen molar-refractivity contribution in [1.29, 1.82) is 0 Å². The molecule has 0 aromatic heterocycles. The van der Waals surface area contributed by atoms with Gasteiger partial charge in [0.1, 0.15) is 6.54 Å². The summed E-state index contributed by atoms with van der Waals surface area (Å²) in [6.45, 7) is -1.46. The van der Waals surface area contributed by atoms with Gasteiger partial charge in [-0.05, 0) is 6.92 Å².